The van der Waals surface area contributed by atoms with Gasteiger partial charge in [-0.05, 0) is 0 Å². The summed E-state index contributed by atoms with van der Waals surface area (Å²) in [7, 11) is 0. The van der Waals surface area contributed by atoms with Crippen molar-refractivity contribution in [2.24, 2.45) is 0 Å². The van der Waals surface area contributed by atoms with E-state index in [2.05, 4.69) is 0 Å². The zero-order valence-electron chi connectivity index (χ0n) is 4.44. The van der Waals surface area contributed by atoms with Gasteiger partial charge in [-0.2, -0.15) is 0 Å². The minimum Gasteiger partial charge on any atom is 0 e. The molecule has 0 saturated carbocycles. The average Bonchev–Trinajstić information content (AvgIpc) is 0. The predicted octanol–water partition coefficient (Wildman–Crippen LogP) is -1.91. The third kappa shape index (κ3) is 36.6. The Balaban J connectivity index is 0. The van der Waals surface area contributed by atoms with Crippen molar-refractivity contribution >= 4 is 189 Å². The normalized spacial score (nSPS) is 0. The molecular formula is Au3Ca5. The molecule has 0 aromatic carbocycles. The van der Waals surface area contributed by atoms with Crippen LogP contribution in [-0.4, -0.2) is 189 Å². The summed E-state index contributed by atoms with van der Waals surface area (Å²) < 4.78 is 0. The van der Waals surface area contributed by atoms with E-state index in [-0.39, 0.29) is 256 Å². The molecule has 0 amide bonds. The second-order valence-corrected chi connectivity index (χ2v) is 0. The Hall–Kier alpha value is 8.52. The molecule has 0 aromatic heterocycles. The second kappa shape index (κ2) is 45.1. The molecule has 0 aliphatic heterocycles. The Morgan fingerprint density at radius 2 is 0.250 bits per heavy atom. The van der Waals surface area contributed by atoms with Crippen molar-refractivity contribution in [2.45, 2.75) is 0 Å². The van der Waals surface area contributed by atoms with Crippen molar-refractivity contribution in [3.8, 4) is 0 Å². The molecule has 0 bridgehead atoms. The second-order valence-electron chi connectivity index (χ2n) is 0. The summed E-state index contributed by atoms with van der Waals surface area (Å²) in [5, 5.41) is 0. The van der Waals surface area contributed by atoms with Crippen LogP contribution in [0.4, 0.5) is 0 Å². The minimum atomic E-state index is 0. The molecule has 0 fully saturated rings. The third-order valence-electron chi connectivity index (χ3n) is 0. The van der Waals surface area contributed by atoms with Crippen molar-refractivity contribution in [1.82, 2.24) is 0 Å². The molecule has 0 rings (SSSR count). The summed E-state index contributed by atoms with van der Waals surface area (Å²) in [5.41, 5.74) is 0. The van der Waals surface area contributed by atoms with Gasteiger partial charge in [0, 0.05) is 256 Å². The van der Waals surface area contributed by atoms with Crippen LogP contribution in [0.1, 0.15) is 0 Å². The minimum absolute atomic E-state index is 0. The predicted molar refractivity (Wildman–Crippen MR) is 28.8 cm³/mol. The zero-order valence-corrected chi connectivity index (χ0v) is 22.0. The van der Waals surface area contributed by atoms with E-state index in [1.54, 1.807) is 0 Å². The molecule has 0 heterocycles. The van der Waals surface area contributed by atoms with Gasteiger partial charge in [-0.15, -0.1) is 0 Å². The Morgan fingerprint density at radius 3 is 0.250 bits per heavy atom. The maximum Gasteiger partial charge on any atom is 0 e. The molecule has 0 saturated heterocycles. The van der Waals surface area contributed by atoms with Gasteiger partial charge in [-0.3, -0.25) is 0 Å². The molecule has 8 heavy (non-hydrogen) atoms. The van der Waals surface area contributed by atoms with E-state index in [9.17, 15) is 0 Å². The summed E-state index contributed by atoms with van der Waals surface area (Å²) >= 11 is 0. The van der Waals surface area contributed by atoms with Crippen molar-refractivity contribution in [3.63, 3.8) is 0 Å². The molecule has 0 nitrogen and oxygen atoms in total. The smallest absolute Gasteiger partial charge is 0 e. The van der Waals surface area contributed by atoms with Crippen LogP contribution in [-0.2, 0) is 67.1 Å². The van der Waals surface area contributed by atoms with Gasteiger partial charge in [0.05, 0.1) is 0 Å². The van der Waals surface area contributed by atoms with Crippen molar-refractivity contribution in [2.75, 3.05) is 0 Å². The van der Waals surface area contributed by atoms with Crippen LogP contribution in [0.5, 0.6) is 0 Å². The Morgan fingerprint density at radius 1 is 0.250 bits per heavy atom. The number of rotatable bonds is 0. The molecule has 0 unspecified atom stereocenters. The van der Waals surface area contributed by atoms with Crippen molar-refractivity contribution < 1.29 is 67.1 Å². The topological polar surface area (TPSA) is 0 Å². The van der Waals surface area contributed by atoms with E-state index in [0.29, 0.717) is 0 Å². The quantitative estimate of drug-likeness (QED) is 0.252. The summed E-state index contributed by atoms with van der Waals surface area (Å²) in [5.74, 6) is 0. The van der Waals surface area contributed by atoms with E-state index < -0.39 is 0 Å². The standard InChI is InChI=1S/3Au.5Ca. The first kappa shape index (κ1) is 54.8. The van der Waals surface area contributed by atoms with Gasteiger partial charge >= 0.3 is 0 Å². The van der Waals surface area contributed by atoms with E-state index in [1.807, 2.05) is 0 Å². The molecule has 0 aliphatic carbocycles. The first-order valence-electron chi connectivity index (χ1n) is 0. The average molecular weight is 791 g/mol. The molecular weight excluding hydrogens is 791 g/mol. The molecule has 0 spiro atoms. The van der Waals surface area contributed by atoms with Gasteiger partial charge in [0.2, 0.25) is 0 Å². The number of hydrogen-bond donors (Lipinski definition) is 0. The fourth-order valence-corrected chi connectivity index (χ4v) is 0. The van der Waals surface area contributed by atoms with Crippen LogP contribution < -0.4 is 0 Å². The van der Waals surface area contributed by atoms with Crippen LogP contribution in [0.25, 0.3) is 0 Å². The molecule has 8 heteroatoms. The summed E-state index contributed by atoms with van der Waals surface area (Å²) in [6.07, 6.45) is 0. The Labute approximate surface area is 247 Å². The summed E-state index contributed by atoms with van der Waals surface area (Å²) in [4.78, 5) is 0. The van der Waals surface area contributed by atoms with Crippen molar-refractivity contribution in [1.29, 1.82) is 0 Å². The molecule has 0 atom stereocenters. The van der Waals surface area contributed by atoms with Crippen LogP contribution in [0.15, 0.2) is 0 Å². The van der Waals surface area contributed by atoms with Crippen LogP contribution in [0, 0.1) is 0 Å². The first-order valence-corrected chi connectivity index (χ1v) is 0. The third-order valence-corrected chi connectivity index (χ3v) is 0. The molecule has 0 aliphatic rings. The van der Waals surface area contributed by atoms with E-state index in [4.69, 9.17) is 0 Å². The van der Waals surface area contributed by atoms with Gasteiger partial charge in [-0.1, -0.05) is 0 Å². The van der Waals surface area contributed by atoms with Gasteiger partial charge in [-0.25, -0.2) is 0 Å². The monoisotopic (exact) mass is 791 g/mol. The fraction of sp³-hybridized carbons (Fsp3) is 0. The maximum absolute atomic E-state index is 0. The van der Waals surface area contributed by atoms with Crippen molar-refractivity contribution in [3.05, 3.63) is 0 Å². The SMILES string of the molecule is [Au].[Au].[Au].[Ca].[Ca].[Ca].[Ca].[Ca]. The van der Waals surface area contributed by atoms with Gasteiger partial charge in [0.1, 0.15) is 0 Å². The number of hydrogen-bond acceptors (Lipinski definition) is 0. The first-order chi connectivity index (χ1) is 0. The Bertz CT molecular complexity index is 7.64. The molecule has 0 aromatic rings. The molecule has 0 N–H and O–H groups in total. The van der Waals surface area contributed by atoms with E-state index >= 15 is 0 Å². The van der Waals surface area contributed by atoms with Crippen LogP contribution in [0.3, 0.4) is 0 Å². The molecule has 43 valence electrons. The fourth-order valence-electron chi connectivity index (χ4n) is 0. The van der Waals surface area contributed by atoms with E-state index in [0.717, 1.165) is 0 Å². The van der Waals surface area contributed by atoms with Gasteiger partial charge < -0.3 is 0 Å². The largest absolute Gasteiger partial charge is 0 e. The van der Waals surface area contributed by atoms with Crippen LogP contribution >= 0.6 is 0 Å². The zero-order chi connectivity index (χ0) is 0. The summed E-state index contributed by atoms with van der Waals surface area (Å²) in [6, 6.07) is 0. The maximum atomic E-state index is 0. The van der Waals surface area contributed by atoms with Crippen LogP contribution in [0.2, 0.25) is 0 Å². The summed E-state index contributed by atoms with van der Waals surface area (Å²) in [6.45, 7) is 0. The van der Waals surface area contributed by atoms with E-state index in [1.165, 1.54) is 0 Å². The van der Waals surface area contributed by atoms with Gasteiger partial charge in [0.25, 0.3) is 0 Å². The molecule has 13 radical (unpaired) electrons. The van der Waals surface area contributed by atoms with Gasteiger partial charge in [0.15, 0.2) is 0 Å². The Kier molecular flexibility index (Phi) is 309.